The molecular weight excluding hydrogens is 532 g/mol. The highest BCUT2D eigenvalue weighted by atomic mass is 16.5. The highest BCUT2D eigenvalue weighted by molar-refractivity contribution is 5.95. The van der Waals surface area contributed by atoms with Crippen LogP contribution in [0, 0.1) is 5.92 Å². The summed E-state index contributed by atoms with van der Waals surface area (Å²) in [5, 5.41) is 3.03. The molecule has 1 aliphatic carbocycles. The van der Waals surface area contributed by atoms with E-state index in [4.69, 9.17) is 9.47 Å². The molecule has 9 heteroatoms. The molecule has 1 atom stereocenters. The summed E-state index contributed by atoms with van der Waals surface area (Å²) in [6.07, 6.45) is 5.58. The Balaban J connectivity index is 1.46. The number of ether oxygens (including phenoxy) is 2. The molecule has 3 aliphatic rings. The lowest BCUT2D eigenvalue weighted by Crippen LogP contribution is -2.51. The van der Waals surface area contributed by atoms with Crippen LogP contribution in [0.5, 0.6) is 11.5 Å². The number of nitrogens with zero attached hydrogens (tertiary/aromatic N) is 3. The number of para-hydroxylation sites is 1. The molecule has 0 radical (unpaired) electrons. The van der Waals surface area contributed by atoms with Gasteiger partial charge in [0.2, 0.25) is 5.91 Å². The summed E-state index contributed by atoms with van der Waals surface area (Å²) in [5.41, 5.74) is 1.70. The molecule has 9 nitrogen and oxygen atoms in total. The standard InChI is InChI=1S/C33H40N4O5/c1-3-17-37-28(23-35-18-10-19-36(21-20-35)31(38)24-11-8-12-24)29(32(39)41-4-2)30(34-33(37)40)25-13-9-16-27(22-25)42-26-14-6-5-7-15-26/h3,5-7,9,13-16,22,24,30H,1,4,8,10-12,17-21,23H2,2H3,(H,34,40). The average Bonchev–Trinajstić information content (AvgIpc) is 3.20. The maximum atomic E-state index is 13.6. The molecule has 2 heterocycles. The first-order valence-corrected chi connectivity index (χ1v) is 14.9. The van der Waals surface area contributed by atoms with Crippen molar-refractivity contribution in [2.45, 2.75) is 38.6 Å². The molecule has 5 rings (SSSR count). The average molecular weight is 573 g/mol. The SMILES string of the molecule is C=CCN1C(=O)NC(c2cccc(Oc3ccccc3)c2)C(C(=O)OCC)=C1CN1CCCN(C(=O)C2CCC2)CC1. The van der Waals surface area contributed by atoms with E-state index in [1.165, 1.54) is 0 Å². The van der Waals surface area contributed by atoms with Crippen LogP contribution in [0.1, 0.15) is 44.2 Å². The number of carbonyl (C=O) groups is 3. The second kappa shape index (κ2) is 13.7. The summed E-state index contributed by atoms with van der Waals surface area (Å²) in [6, 6.07) is 15.8. The Kier molecular flexibility index (Phi) is 9.59. The fourth-order valence-electron chi connectivity index (χ4n) is 5.75. The van der Waals surface area contributed by atoms with Crippen LogP contribution in [0.4, 0.5) is 4.79 Å². The summed E-state index contributed by atoms with van der Waals surface area (Å²) in [6.45, 7) is 9.21. The molecule has 1 N–H and O–H groups in total. The van der Waals surface area contributed by atoms with Crippen molar-refractivity contribution in [3.8, 4) is 11.5 Å². The fourth-order valence-corrected chi connectivity index (χ4v) is 5.75. The van der Waals surface area contributed by atoms with Crippen molar-refractivity contribution in [1.82, 2.24) is 20.0 Å². The van der Waals surface area contributed by atoms with Gasteiger partial charge in [0.1, 0.15) is 11.5 Å². The van der Waals surface area contributed by atoms with E-state index in [9.17, 15) is 14.4 Å². The summed E-state index contributed by atoms with van der Waals surface area (Å²) in [5.74, 6) is 1.24. The zero-order chi connectivity index (χ0) is 29.5. The molecular formula is C33H40N4O5. The minimum atomic E-state index is -0.726. The first kappa shape index (κ1) is 29.4. The number of rotatable bonds is 10. The van der Waals surface area contributed by atoms with Gasteiger partial charge in [0.05, 0.1) is 18.2 Å². The van der Waals surface area contributed by atoms with Crippen molar-refractivity contribution in [2.75, 3.05) is 45.9 Å². The van der Waals surface area contributed by atoms with Crippen molar-refractivity contribution in [3.05, 3.63) is 84.1 Å². The number of urea groups is 1. The maximum Gasteiger partial charge on any atom is 0.338 e. The van der Waals surface area contributed by atoms with Crippen LogP contribution >= 0.6 is 0 Å². The van der Waals surface area contributed by atoms with Crippen molar-refractivity contribution in [1.29, 1.82) is 0 Å². The number of amides is 3. The topological polar surface area (TPSA) is 91.4 Å². The first-order chi connectivity index (χ1) is 20.5. The Morgan fingerprint density at radius 2 is 1.79 bits per heavy atom. The minimum absolute atomic E-state index is 0.169. The zero-order valence-corrected chi connectivity index (χ0v) is 24.3. The maximum absolute atomic E-state index is 13.6. The van der Waals surface area contributed by atoms with Crippen LogP contribution in [0.3, 0.4) is 0 Å². The molecule has 0 spiro atoms. The molecule has 42 heavy (non-hydrogen) atoms. The molecule has 2 aromatic rings. The molecule has 2 fully saturated rings. The van der Waals surface area contributed by atoms with Crippen LogP contribution in [0.2, 0.25) is 0 Å². The normalized spacial score (nSPS) is 19.9. The smallest absolute Gasteiger partial charge is 0.338 e. The Labute approximate surface area is 247 Å². The van der Waals surface area contributed by atoms with Gasteiger partial charge in [-0.15, -0.1) is 6.58 Å². The summed E-state index contributed by atoms with van der Waals surface area (Å²) in [7, 11) is 0. The highest BCUT2D eigenvalue weighted by Gasteiger charge is 2.39. The molecule has 1 saturated heterocycles. The van der Waals surface area contributed by atoms with Gasteiger partial charge in [-0.3, -0.25) is 14.6 Å². The third kappa shape index (κ3) is 6.68. The molecule has 2 aliphatic heterocycles. The lowest BCUT2D eigenvalue weighted by molar-refractivity contribution is -0.139. The monoisotopic (exact) mass is 572 g/mol. The van der Waals surface area contributed by atoms with E-state index in [2.05, 4.69) is 16.8 Å². The van der Waals surface area contributed by atoms with E-state index in [-0.39, 0.29) is 31.0 Å². The van der Waals surface area contributed by atoms with Gasteiger partial charge in [-0.25, -0.2) is 9.59 Å². The van der Waals surface area contributed by atoms with Crippen molar-refractivity contribution < 1.29 is 23.9 Å². The zero-order valence-electron chi connectivity index (χ0n) is 24.3. The van der Waals surface area contributed by atoms with Crippen LogP contribution in [-0.2, 0) is 14.3 Å². The first-order valence-electron chi connectivity index (χ1n) is 14.9. The van der Waals surface area contributed by atoms with Crippen molar-refractivity contribution in [3.63, 3.8) is 0 Å². The van der Waals surface area contributed by atoms with E-state index >= 15 is 0 Å². The second-order valence-corrected chi connectivity index (χ2v) is 10.9. The largest absolute Gasteiger partial charge is 0.463 e. The predicted octanol–water partition coefficient (Wildman–Crippen LogP) is 4.88. The number of benzene rings is 2. The van der Waals surface area contributed by atoms with E-state index < -0.39 is 12.0 Å². The molecule has 0 aromatic heterocycles. The molecule has 1 unspecified atom stereocenters. The van der Waals surface area contributed by atoms with E-state index in [0.717, 1.165) is 38.8 Å². The van der Waals surface area contributed by atoms with Gasteiger partial charge in [-0.05, 0) is 56.0 Å². The molecule has 222 valence electrons. The number of hydrogen-bond acceptors (Lipinski definition) is 6. The Hall–Kier alpha value is -4.11. The Morgan fingerprint density at radius 3 is 2.50 bits per heavy atom. The van der Waals surface area contributed by atoms with Crippen LogP contribution < -0.4 is 10.1 Å². The predicted molar refractivity (Wildman–Crippen MR) is 160 cm³/mol. The van der Waals surface area contributed by atoms with Gasteiger partial charge in [0, 0.05) is 50.9 Å². The molecule has 1 saturated carbocycles. The van der Waals surface area contributed by atoms with E-state index in [1.54, 1.807) is 17.9 Å². The lowest BCUT2D eigenvalue weighted by atomic mass is 9.84. The van der Waals surface area contributed by atoms with Gasteiger partial charge in [-0.2, -0.15) is 0 Å². The van der Waals surface area contributed by atoms with Gasteiger partial charge in [0.15, 0.2) is 0 Å². The van der Waals surface area contributed by atoms with Gasteiger partial charge in [0.25, 0.3) is 0 Å². The number of nitrogens with one attached hydrogen (secondary N) is 1. The number of esters is 1. The quantitative estimate of drug-likeness (QED) is 0.322. The van der Waals surface area contributed by atoms with Gasteiger partial charge < -0.3 is 19.7 Å². The summed E-state index contributed by atoms with van der Waals surface area (Å²) < 4.78 is 11.6. The minimum Gasteiger partial charge on any atom is -0.463 e. The second-order valence-electron chi connectivity index (χ2n) is 10.9. The van der Waals surface area contributed by atoms with Crippen LogP contribution in [0.25, 0.3) is 0 Å². The highest BCUT2D eigenvalue weighted by Crippen LogP contribution is 2.35. The van der Waals surface area contributed by atoms with Crippen LogP contribution in [0.15, 0.2) is 78.5 Å². The molecule has 2 aromatic carbocycles. The summed E-state index contributed by atoms with van der Waals surface area (Å²) in [4.78, 5) is 45.8. The Bertz CT molecular complexity index is 1320. The van der Waals surface area contributed by atoms with Gasteiger partial charge in [-0.1, -0.05) is 42.8 Å². The third-order valence-electron chi connectivity index (χ3n) is 8.14. The number of carbonyl (C=O) groups excluding carboxylic acids is 3. The number of hydrogen-bond donors (Lipinski definition) is 1. The van der Waals surface area contributed by atoms with Crippen molar-refractivity contribution in [2.24, 2.45) is 5.92 Å². The van der Waals surface area contributed by atoms with E-state index in [1.807, 2.05) is 59.5 Å². The molecule has 0 bridgehead atoms. The van der Waals surface area contributed by atoms with Crippen LogP contribution in [-0.4, -0.2) is 78.5 Å². The summed E-state index contributed by atoms with van der Waals surface area (Å²) >= 11 is 0. The molecule has 3 amide bonds. The lowest BCUT2D eigenvalue weighted by Gasteiger charge is -2.38. The van der Waals surface area contributed by atoms with E-state index in [0.29, 0.717) is 48.0 Å². The third-order valence-corrected chi connectivity index (χ3v) is 8.14. The van der Waals surface area contributed by atoms with Crippen molar-refractivity contribution >= 4 is 17.9 Å². The fraction of sp³-hybridized carbons (Fsp3) is 0.424. The Morgan fingerprint density at radius 1 is 1.00 bits per heavy atom. The van der Waals surface area contributed by atoms with Gasteiger partial charge >= 0.3 is 12.0 Å².